The molecule has 0 bridgehead atoms. The fourth-order valence-corrected chi connectivity index (χ4v) is 5.97. The summed E-state index contributed by atoms with van der Waals surface area (Å²) in [6.07, 6.45) is 1.42. The Balaban J connectivity index is 1.60. The Hall–Kier alpha value is -3.86. The molecule has 0 fully saturated rings. The molecule has 0 heterocycles. The molecule has 0 amide bonds. The Morgan fingerprint density at radius 2 is 1.07 bits per heavy atom. The molecule has 5 rings (SSSR count). The number of Topliss-reactive ketones (excluding diaryl/α,β-unsaturated/α-hetero) is 2. The van der Waals surface area contributed by atoms with Gasteiger partial charge in [-0.05, 0) is 80.8 Å². The normalized spacial score (nSPS) is 14.0. The van der Waals surface area contributed by atoms with Gasteiger partial charge < -0.3 is 10.2 Å². The summed E-state index contributed by atoms with van der Waals surface area (Å²) < 4.78 is 0. The van der Waals surface area contributed by atoms with Gasteiger partial charge >= 0.3 is 0 Å². The van der Waals surface area contributed by atoms with Gasteiger partial charge in [-0.15, -0.1) is 0 Å². The van der Waals surface area contributed by atoms with Gasteiger partial charge in [-0.2, -0.15) is 0 Å². The average Bonchev–Trinajstić information content (AvgIpc) is 3.16. The SMILES string of the molecule is Cc1ccc2c(c1)-c1ccccc1C2(Cc1ccc(C(=O)C(C)(C)O)cc1)Cc1ccc(C(=O)C(C)(C)O)cc1. The number of hydrogen-bond donors (Lipinski definition) is 2. The highest BCUT2D eigenvalue weighted by molar-refractivity contribution is 6.02. The summed E-state index contributed by atoms with van der Waals surface area (Å²) in [6.45, 7) is 8.14. The third-order valence-electron chi connectivity index (χ3n) is 7.98. The van der Waals surface area contributed by atoms with Gasteiger partial charge in [0.05, 0.1) is 0 Å². The zero-order valence-corrected chi connectivity index (χ0v) is 23.8. The fourth-order valence-electron chi connectivity index (χ4n) is 5.97. The van der Waals surface area contributed by atoms with E-state index in [1.54, 1.807) is 24.3 Å². The molecule has 1 aliphatic rings. The molecule has 4 nitrogen and oxygen atoms in total. The number of rotatable bonds is 8. The molecule has 0 saturated heterocycles. The number of carbonyl (C=O) groups is 2. The van der Waals surface area contributed by atoms with Crippen LogP contribution < -0.4 is 0 Å². The third-order valence-corrected chi connectivity index (χ3v) is 7.98. The van der Waals surface area contributed by atoms with E-state index in [9.17, 15) is 19.8 Å². The van der Waals surface area contributed by atoms with Crippen molar-refractivity contribution in [2.24, 2.45) is 0 Å². The molecule has 4 heteroatoms. The van der Waals surface area contributed by atoms with E-state index in [-0.39, 0.29) is 17.0 Å². The first-order chi connectivity index (χ1) is 18.8. The Morgan fingerprint density at radius 3 is 1.55 bits per heavy atom. The van der Waals surface area contributed by atoms with Crippen molar-refractivity contribution in [1.82, 2.24) is 0 Å². The lowest BCUT2D eigenvalue weighted by atomic mass is 9.69. The Morgan fingerprint density at radius 1 is 0.625 bits per heavy atom. The summed E-state index contributed by atoms with van der Waals surface area (Å²) >= 11 is 0. The van der Waals surface area contributed by atoms with E-state index >= 15 is 0 Å². The molecule has 4 aromatic carbocycles. The van der Waals surface area contributed by atoms with Crippen molar-refractivity contribution >= 4 is 11.6 Å². The minimum atomic E-state index is -1.43. The number of benzene rings is 4. The monoisotopic (exact) mass is 532 g/mol. The second-order valence-corrected chi connectivity index (χ2v) is 12.2. The maximum Gasteiger partial charge on any atom is 0.193 e. The molecule has 0 radical (unpaired) electrons. The molecule has 2 N–H and O–H groups in total. The number of aliphatic hydroxyl groups is 2. The number of carbonyl (C=O) groups excluding carboxylic acids is 2. The standard InChI is InChI=1S/C36H36O4/c1-23-10-19-31-29(20-23)28-8-6-7-9-30(28)36(31,21-24-11-15-26(16-12-24)32(37)34(2,3)39)22-25-13-17-27(18-14-25)33(38)35(4,5)40/h6-20,39-40H,21-22H2,1-5H3. The fraction of sp³-hybridized carbons (Fsp3) is 0.278. The second-order valence-electron chi connectivity index (χ2n) is 12.2. The lowest BCUT2D eigenvalue weighted by molar-refractivity contribution is 0.0487. The number of hydrogen-bond acceptors (Lipinski definition) is 4. The summed E-state index contributed by atoms with van der Waals surface area (Å²) in [5.41, 5.74) is 6.09. The van der Waals surface area contributed by atoms with E-state index in [1.165, 1.54) is 55.5 Å². The van der Waals surface area contributed by atoms with Crippen LogP contribution in [0.1, 0.15) is 76.2 Å². The minimum Gasteiger partial charge on any atom is -0.382 e. The van der Waals surface area contributed by atoms with Crippen LogP contribution in [0.15, 0.2) is 91.0 Å². The Bertz CT molecular complexity index is 1510. The first-order valence-corrected chi connectivity index (χ1v) is 13.7. The van der Waals surface area contributed by atoms with Crippen molar-refractivity contribution in [1.29, 1.82) is 0 Å². The molecule has 0 aromatic heterocycles. The van der Waals surface area contributed by atoms with Crippen molar-refractivity contribution in [3.8, 4) is 11.1 Å². The summed E-state index contributed by atoms with van der Waals surface area (Å²) in [5.74, 6) is -0.608. The summed E-state index contributed by atoms with van der Waals surface area (Å²) in [5, 5.41) is 20.4. The van der Waals surface area contributed by atoms with Gasteiger partial charge in [-0.25, -0.2) is 0 Å². The predicted octanol–water partition coefficient (Wildman–Crippen LogP) is 6.65. The average molecular weight is 533 g/mol. The lowest BCUT2D eigenvalue weighted by Gasteiger charge is -2.33. The van der Waals surface area contributed by atoms with E-state index in [4.69, 9.17) is 0 Å². The largest absolute Gasteiger partial charge is 0.382 e. The van der Waals surface area contributed by atoms with Gasteiger partial charge in [0.25, 0.3) is 0 Å². The van der Waals surface area contributed by atoms with E-state index in [0.717, 1.165) is 11.1 Å². The maximum absolute atomic E-state index is 12.6. The van der Waals surface area contributed by atoms with Crippen molar-refractivity contribution < 1.29 is 19.8 Å². The van der Waals surface area contributed by atoms with Crippen LogP contribution in [0.25, 0.3) is 11.1 Å². The van der Waals surface area contributed by atoms with E-state index in [1.807, 2.05) is 24.3 Å². The lowest BCUT2D eigenvalue weighted by Crippen LogP contribution is -2.32. The van der Waals surface area contributed by atoms with Crippen LogP contribution in [-0.4, -0.2) is 33.0 Å². The van der Waals surface area contributed by atoms with E-state index < -0.39 is 11.2 Å². The predicted molar refractivity (Wildman–Crippen MR) is 159 cm³/mol. The summed E-state index contributed by atoms with van der Waals surface area (Å²) in [6, 6.07) is 30.4. The van der Waals surface area contributed by atoms with Crippen molar-refractivity contribution in [3.05, 3.63) is 130 Å². The summed E-state index contributed by atoms with van der Waals surface area (Å²) in [4.78, 5) is 25.3. The molecule has 0 atom stereocenters. The minimum absolute atomic E-state index is 0.304. The number of ketones is 2. The van der Waals surface area contributed by atoms with Crippen LogP contribution in [0.5, 0.6) is 0 Å². The van der Waals surface area contributed by atoms with Crippen molar-refractivity contribution in [2.75, 3.05) is 0 Å². The molecule has 0 aliphatic heterocycles. The molecule has 40 heavy (non-hydrogen) atoms. The number of fused-ring (bicyclic) bond motifs is 3. The third kappa shape index (κ3) is 5.05. The van der Waals surface area contributed by atoms with Gasteiger partial charge in [-0.1, -0.05) is 96.6 Å². The Labute approximate surface area is 236 Å². The number of aryl methyl sites for hydroxylation is 1. The first kappa shape index (κ1) is 27.7. The first-order valence-electron chi connectivity index (χ1n) is 13.7. The van der Waals surface area contributed by atoms with Crippen LogP contribution in [-0.2, 0) is 18.3 Å². The van der Waals surface area contributed by atoms with Crippen LogP contribution in [0.4, 0.5) is 0 Å². The maximum atomic E-state index is 12.6. The highest BCUT2D eigenvalue weighted by Gasteiger charge is 2.43. The van der Waals surface area contributed by atoms with Crippen LogP contribution in [0.3, 0.4) is 0 Å². The van der Waals surface area contributed by atoms with Gasteiger partial charge in [0.15, 0.2) is 11.6 Å². The van der Waals surface area contributed by atoms with Crippen molar-refractivity contribution in [3.63, 3.8) is 0 Å². The molecular weight excluding hydrogens is 496 g/mol. The highest BCUT2D eigenvalue weighted by atomic mass is 16.3. The molecule has 4 aromatic rings. The Kier molecular flexibility index (Phi) is 6.89. The smallest absolute Gasteiger partial charge is 0.193 e. The van der Waals surface area contributed by atoms with Crippen LogP contribution >= 0.6 is 0 Å². The molecule has 204 valence electrons. The van der Waals surface area contributed by atoms with E-state index in [2.05, 4.69) is 49.4 Å². The zero-order chi connectivity index (χ0) is 28.9. The molecular formula is C36H36O4. The molecule has 0 spiro atoms. The highest BCUT2D eigenvalue weighted by Crippen LogP contribution is 2.52. The second kappa shape index (κ2) is 9.96. The molecule has 0 saturated carbocycles. The zero-order valence-electron chi connectivity index (χ0n) is 23.8. The quantitative estimate of drug-likeness (QED) is 0.249. The van der Waals surface area contributed by atoms with Gasteiger partial charge in [0, 0.05) is 16.5 Å². The van der Waals surface area contributed by atoms with Crippen LogP contribution in [0.2, 0.25) is 0 Å². The van der Waals surface area contributed by atoms with Gasteiger partial charge in [-0.3, -0.25) is 9.59 Å². The topological polar surface area (TPSA) is 74.6 Å². The summed E-state index contributed by atoms with van der Waals surface area (Å²) in [7, 11) is 0. The molecule has 0 unspecified atom stereocenters. The van der Waals surface area contributed by atoms with Gasteiger partial charge in [0.1, 0.15) is 11.2 Å². The van der Waals surface area contributed by atoms with Gasteiger partial charge in [0.2, 0.25) is 0 Å². The van der Waals surface area contributed by atoms with Crippen LogP contribution in [0, 0.1) is 6.92 Å². The van der Waals surface area contributed by atoms with E-state index in [0.29, 0.717) is 24.0 Å². The van der Waals surface area contributed by atoms with Crippen molar-refractivity contribution in [2.45, 2.75) is 64.1 Å². The molecule has 1 aliphatic carbocycles.